The fourth-order valence-corrected chi connectivity index (χ4v) is 2.52. The van der Waals surface area contributed by atoms with Crippen LogP contribution in [-0.2, 0) is 0 Å². The first-order valence-electron chi connectivity index (χ1n) is 7.83. The van der Waals surface area contributed by atoms with Crippen molar-refractivity contribution < 1.29 is 28.5 Å². The Morgan fingerprint density at radius 1 is 1.00 bits per heavy atom. The number of carbonyl (C=O) groups is 1. The lowest BCUT2D eigenvalue weighted by Gasteiger charge is -2.13. The Labute approximate surface area is 151 Å². The molecule has 2 aromatic carbocycles. The summed E-state index contributed by atoms with van der Waals surface area (Å²) in [7, 11) is 4.52. The van der Waals surface area contributed by atoms with E-state index in [0.29, 0.717) is 34.3 Å². The molecular formula is C19H19NO6. The molecule has 0 saturated carbocycles. The van der Waals surface area contributed by atoms with Crippen LogP contribution in [0.15, 0.2) is 42.6 Å². The summed E-state index contributed by atoms with van der Waals surface area (Å²) in [6.45, 7) is 0.217. The van der Waals surface area contributed by atoms with Gasteiger partial charge in [-0.25, -0.2) is 0 Å². The molecule has 0 unspecified atom stereocenters. The maximum absolute atomic E-state index is 12.4. The fraction of sp³-hybridized carbons (Fsp3) is 0.211. The van der Waals surface area contributed by atoms with Gasteiger partial charge in [0, 0.05) is 29.6 Å². The predicted octanol–water partition coefficient (Wildman–Crippen LogP) is 3.25. The van der Waals surface area contributed by atoms with Crippen LogP contribution in [-0.4, -0.2) is 33.9 Å². The van der Waals surface area contributed by atoms with Crippen molar-refractivity contribution in [3.63, 3.8) is 0 Å². The number of ether oxygens (including phenoxy) is 5. The third-order valence-electron chi connectivity index (χ3n) is 3.81. The number of anilines is 1. The summed E-state index contributed by atoms with van der Waals surface area (Å²) in [6.07, 6.45) is 2.98. The summed E-state index contributed by atoms with van der Waals surface area (Å²) in [6, 6.07) is 8.65. The molecule has 1 aliphatic rings. The van der Waals surface area contributed by atoms with Gasteiger partial charge >= 0.3 is 0 Å². The van der Waals surface area contributed by atoms with Crippen molar-refractivity contribution in [2.75, 3.05) is 33.4 Å². The van der Waals surface area contributed by atoms with Crippen molar-refractivity contribution in [1.82, 2.24) is 0 Å². The maximum atomic E-state index is 12.4. The van der Waals surface area contributed by atoms with E-state index in [2.05, 4.69) is 5.32 Å². The average molecular weight is 357 g/mol. The zero-order valence-electron chi connectivity index (χ0n) is 14.7. The highest BCUT2D eigenvalue weighted by molar-refractivity contribution is 6.05. The standard InChI is InChI=1S/C19H19NO6/c1-22-17-8-12(9-18(23-2)19(17)24-3)14(21)6-7-20-13-4-5-15-16(10-13)26-11-25-15/h4-10,20H,11H2,1-3H3/b7-6+. The lowest BCUT2D eigenvalue weighted by molar-refractivity contribution is 0.104. The molecule has 1 heterocycles. The number of nitrogens with one attached hydrogen (secondary N) is 1. The fourth-order valence-electron chi connectivity index (χ4n) is 2.52. The van der Waals surface area contributed by atoms with Crippen LogP contribution in [0.4, 0.5) is 5.69 Å². The van der Waals surface area contributed by atoms with Crippen LogP contribution in [0.25, 0.3) is 0 Å². The molecule has 0 amide bonds. The first-order valence-corrected chi connectivity index (χ1v) is 7.83. The third-order valence-corrected chi connectivity index (χ3v) is 3.81. The molecule has 26 heavy (non-hydrogen) atoms. The van der Waals surface area contributed by atoms with Crippen LogP contribution in [0.2, 0.25) is 0 Å². The SMILES string of the molecule is COc1cc(C(=O)/C=C/Nc2ccc3c(c2)OCO3)cc(OC)c1OC. The van der Waals surface area contributed by atoms with E-state index < -0.39 is 0 Å². The van der Waals surface area contributed by atoms with E-state index in [0.717, 1.165) is 5.69 Å². The summed E-state index contributed by atoms with van der Waals surface area (Å²) in [5.41, 5.74) is 1.20. The monoisotopic (exact) mass is 357 g/mol. The highest BCUT2D eigenvalue weighted by Gasteiger charge is 2.16. The van der Waals surface area contributed by atoms with Crippen LogP contribution >= 0.6 is 0 Å². The lowest BCUT2D eigenvalue weighted by atomic mass is 10.1. The van der Waals surface area contributed by atoms with Gasteiger partial charge in [-0.05, 0) is 24.3 Å². The van der Waals surface area contributed by atoms with E-state index >= 15 is 0 Å². The van der Waals surface area contributed by atoms with Crippen LogP contribution in [0, 0.1) is 0 Å². The number of rotatable bonds is 7. The van der Waals surface area contributed by atoms with Crippen LogP contribution in [0.3, 0.4) is 0 Å². The normalized spacial score (nSPS) is 12.1. The van der Waals surface area contributed by atoms with Crippen molar-refractivity contribution in [3.05, 3.63) is 48.2 Å². The van der Waals surface area contributed by atoms with Gasteiger partial charge in [-0.1, -0.05) is 0 Å². The summed E-state index contributed by atoms with van der Waals surface area (Å²) < 4.78 is 26.4. The second kappa shape index (κ2) is 7.69. The molecule has 0 atom stereocenters. The molecule has 136 valence electrons. The smallest absolute Gasteiger partial charge is 0.231 e. The molecule has 0 aromatic heterocycles. The number of carbonyl (C=O) groups excluding carboxylic acids is 1. The summed E-state index contributed by atoms with van der Waals surface area (Å²) in [5, 5.41) is 3.03. The Kier molecular flexibility index (Phi) is 5.17. The molecule has 7 heteroatoms. The van der Waals surface area contributed by atoms with E-state index in [1.54, 1.807) is 30.5 Å². The zero-order valence-corrected chi connectivity index (χ0v) is 14.7. The van der Waals surface area contributed by atoms with Gasteiger partial charge < -0.3 is 29.0 Å². The van der Waals surface area contributed by atoms with Crippen molar-refractivity contribution >= 4 is 11.5 Å². The molecule has 1 N–H and O–H groups in total. The second-order valence-electron chi connectivity index (χ2n) is 5.32. The quantitative estimate of drug-likeness (QED) is 0.602. The topological polar surface area (TPSA) is 75.3 Å². The van der Waals surface area contributed by atoms with Gasteiger partial charge in [0.2, 0.25) is 12.5 Å². The van der Waals surface area contributed by atoms with Crippen molar-refractivity contribution in [3.8, 4) is 28.7 Å². The van der Waals surface area contributed by atoms with Gasteiger partial charge in [0.05, 0.1) is 21.3 Å². The number of hydrogen-bond acceptors (Lipinski definition) is 7. The van der Waals surface area contributed by atoms with Crippen molar-refractivity contribution in [1.29, 1.82) is 0 Å². The van der Waals surface area contributed by atoms with Crippen molar-refractivity contribution in [2.45, 2.75) is 0 Å². The van der Waals surface area contributed by atoms with Gasteiger partial charge in [0.1, 0.15) is 0 Å². The van der Waals surface area contributed by atoms with Crippen LogP contribution in [0.1, 0.15) is 10.4 Å². The number of benzene rings is 2. The van der Waals surface area contributed by atoms with E-state index in [9.17, 15) is 4.79 Å². The van der Waals surface area contributed by atoms with Gasteiger partial charge in [0.25, 0.3) is 0 Å². The minimum Gasteiger partial charge on any atom is -0.493 e. The highest BCUT2D eigenvalue weighted by atomic mass is 16.7. The van der Waals surface area contributed by atoms with Gasteiger partial charge in [-0.2, -0.15) is 0 Å². The molecule has 7 nitrogen and oxygen atoms in total. The number of hydrogen-bond donors (Lipinski definition) is 1. The van der Waals surface area contributed by atoms with Crippen molar-refractivity contribution in [2.24, 2.45) is 0 Å². The molecule has 3 rings (SSSR count). The summed E-state index contributed by atoms with van der Waals surface area (Å²) >= 11 is 0. The number of methoxy groups -OCH3 is 3. The second-order valence-corrected chi connectivity index (χ2v) is 5.32. The maximum Gasteiger partial charge on any atom is 0.231 e. The largest absolute Gasteiger partial charge is 0.493 e. The molecule has 0 fully saturated rings. The van der Waals surface area contributed by atoms with Crippen LogP contribution in [0.5, 0.6) is 28.7 Å². The molecular weight excluding hydrogens is 338 g/mol. The van der Waals surface area contributed by atoms with E-state index in [1.165, 1.54) is 27.4 Å². The predicted molar refractivity (Wildman–Crippen MR) is 95.8 cm³/mol. The van der Waals surface area contributed by atoms with Gasteiger partial charge in [0.15, 0.2) is 28.8 Å². The minimum absolute atomic E-state index is 0.211. The van der Waals surface area contributed by atoms with E-state index in [1.807, 2.05) is 6.07 Å². The van der Waals surface area contributed by atoms with Gasteiger partial charge in [-0.15, -0.1) is 0 Å². The molecule has 0 saturated heterocycles. The Morgan fingerprint density at radius 3 is 2.35 bits per heavy atom. The Hall–Kier alpha value is -3.35. The average Bonchev–Trinajstić information content (AvgIpc) is 3.14. The number of ketones is 1. The van der Waals surface area contributed by atoms with E-state index in [4.69, 9.17) is 23.7 Å². The summed E-state index contributed by atoms with van der Waals surface area (Å²) in [4.78, 5) is 12.4. The zero-order chi connectivity index (χ0) is 18.5. The third kappa shape index (κ3) is 3.51. The minimum atomic E-state index is -0.211. The molecule has 0 radical (unpaired) electrons. The first kappa shape index (κ1) is 17.5. The Bertz CT molecular complexity index is 821. The Balaban J connectivity index is 1.74. The number of fused-ring (bicyclic) bond motifs is 1. The molecule has 0 spiro atoms. The Morgan fingerprint density at radius 2 is 1.69 bits per heavy atom. The highest BCUT2D eigenvalue weighted by Crippen LogP contribution is 2.38. The number of allylic oxidation sites excluding steroid dienone is 1. The summed E-state index contributed by atoms with van der Waals surface area (Å²) in [5.74, 6) is 2.44. The van der Waals surface area contributed by atoms with Gasteiger partial charge in [-0.3, -0.25) is 4.79 Å². The first-order chi connectivity index (χ1) is 12.7. The molecule has 2 aromatic rings. The van der Waals surface area contributed by atoms with E-state index in [-0.39, 0.29) is 12.6 Å². The molecule has 1 aliphatic heterocycles. The molecule has 0 bridgehead atoms. The van der Waals surface area contributed by atoms with Crippen LogP contribution < -0.4 is 29.0 Å². The lowest BCUT2D eigenvalue weighted by Crippen LogP contribution is -2.01. The molecule has 0 aliphatic carbocycles.